The number of thioether (sulfide) groups is 1. The SMILES string of the molecule is COc1ccc2nccc([C@@H](CC[C@@H]3CCN(CCSc4cc(F)cc(F)c4)C[C@@H]3CO)NO)c2c1. The van der Waals surface area contributed by atoms with Crippen LogP contribution >= 0.6 is 11.8 Å². The molecule has 3 N–H and O–H groups in total. The van der Waals surface area contributed by atoms with Crippen LogP contribution in [-0.2, 0) is 0 Å². The van der Waals surface area contributed by atoms with Crippen molar-refractivity contribution < 1.29 is 23.8 Å². The predicted molar refractivity (Wildman–Crippen MR) is 137 cm³/mol. The fraction of sp³-hybridized carbons (Fsp3) is 0.444. The lowest BCUT2D eigenvalue weighted by Crippen LogP contribution is -2.43. The third-order valence-corrected chi connectivity index (χ3v) is 8.02. The Morgan fingerprint density at radius 2 is 1.97 bits per heavy atom. The summed E-state index contributed by atoms with van der Waals surface area (Å²) in [5.41, 5.74) is 4.29. The van der Waals surface area contributed by atoms with Gasteiger partial charge in [0.05, 0.1) is 18.7 Å². The van der Waals surface area contributed by atoms with Gasteiger partial charge in [0.15, 0.2) is 0 Å². The number of hydroxylamine groups is 1. The summed E-state index contributed by atoms with van der Waals surface area (Å²) in [7, 11) is 1.63. The summed E-state index contributed by atoms with van der Waals surface area (Å²) < 4.78 is 32.2. The molecule has 0 radical (unpaired) electrons. The Balaban J connectivity index is 1.32. The minimum atomic E-state index is -0.562. The van der Waals surface area contributed by atoms with Crippen LogP contribution in [0.15, 0.2) is 53.6 Å². The first-order valence-corrected chi connectivity index (χ1v) is 13.2. The molecule has 1 fully saturated rings. The van der Waals surface area contributed by atoms with Crippen molar-refractivity contribution in [3.8, 4) is 5.75 Å². The Kier molecular flexibility index (Phi) is 9.50. The Labute approximate surface area is 214 Å². The molecule has 4 rings (SSSR count). The van der Waals surface area contributed by atoms with Crippen LogP contribution in [-0.4, -0.2) is 59.3 Å². The number of methoxy groups -OCH3 is 1. The topological polar surface area (TPSA) is 77.9 Å². The van der Waals surface area contributed by atoms with Gasteiger partial charge in [-0.1, -0.05) is 0 Å². The summed E-state index contributed by atoms with van der Waals surface area (Å²) in [6, 6.07) is 11.0. The lowest BCUT2D eigenvalue weighted by atomic mass is 9.81. The molecule has 0 aliphatic carbocycles. The maximum Gasteiger partial charge on any atom is 0.127 e. The second-order valence-corrected chi connectivity index (χ2v) is 10.5. The van der Waals surface area contributed by atoms with Crippen molar-refractivity contribution in [1.29, 1.82) is 0 Å². The lowest BCUT2D eigenvalue weighted by molar-refractivity contribution is 0.0626. The Hall–Kier alpha value is -2.30. The molecule has 1 aromatic heterocycles. The van der Waals surface area contributed by atoms with Gasteiger partial charge in [0.2, 0.25) is 0 Å². The van der Waals surface area contributed by atoms with Crippen molar-refractivity contribution in [1.82, 2.24) is 15.4 Å². The summed E-state index contributed by atoms with van der Waals surface area (Å²) in [5, 5.41) is 21.0. The van der Waals surface area contributed by atoms with Gasteiger partial charge >= 0.3 is 0 Å². The maximum absolute atomic E-state index is 13.4. The van der Waals surface area contributed by atoms with Crippen LogP contribution in [0.25, 0.3) is 10.9 Å². The van der Waals surface area contributed by atoms with Crippen LogP contribution in [0.3, 0.4) is 0 Å². The Morgan fingerprint density at radius 1 is 1.17 bits per heavy atom. The fourth-order valence-corrected chi connectivity index (χ4v) is 6.08. The number of ether oxygens (including phenoxy) is 1. The van der Waals surface area contributed by atoms with Crippen molar-refractivity contribution in [3.63, 3.8) is 0 Å². The molecule has 0 bridgehead atoms. The number of pyridine rings is 1. The number of fused-ring (bicyclic) bond motifs is 1. The molecule has 36 heavy (non-hydrogen) atoms. The van der Waals surface area contributed by atoms with Crippen LogP contribution in [0.4, 0.5) is 8.78 Å². The van der Waals surface area contributed by atoms with Crippen molar-refractivity contribution in [3.05, 3.63) is 65.9 Å². The molecular weight excluding hydrogens is 484 g/mol. The van der Waals surface area contributed by atoms with E-state index >= 15 is 0 Å². The van der Waals surface area contributed by atoms with Gasteiger partial charge in [0.1, 0.15) is 17.4 Å². The number of rotatable bonds is 11. The number of aromatic nitrogens is 1. The zero-order valence-corrected chi connectivity index (χ0v) is 21.2. The summed E-state index contributed by atoms with van der Waals surface area (Å²) >= 11 is 1.44. The number of benzene rings is 2. The highest BCUT2D eigenvalue weighted by molar-refractivity contribution is 7.99. The summed E-state index contributed by atoms with van der Waals surface area (Å²) in [6.45, 7) is 2.59. The number of nitrogens with zero attached hydrogens (tertiary/aromatic N) is 2. The van der Waals surface area contributed by atoms with Crippen LogP contribution in [0.1, 0.15) is 30.9 Å². The fourth-order valence-electron chi connectivity index (χ4n) is 5.10. The number of aliphatic hydroxyl groups excluding tert-OH is 1. The average molecular weight is 518 g/mol. The zero-order valence-electron chi connectivity index (χ0n) is 20.4. The summed E-state index contributed by atoms with van der Waals surface area (Å²) in [4.78, 5) is 7.33. The molecule has 2 heterocycles. The molecule has 1 aliphatic heterocycles. The molecule has 2 aromatic carbocycles. The highest BCUT2D eigenvalue weighted by Gasteiger charge is 2.29. The lowest BCUT2D eigenvalue weighted by Gasteiger charge is -2.38. The van der Waals surface area contributed by atoms with Gasteiger partial charge in [-0.25, -0.2) is 8.78 Å². The third kappa shape index (κ3) is 6.72. The van der Waals surface area contributed by atoms with Gasteiger partial charge < -0.3 is 20.0 Å². The molecule has 0 unspecified atom stereocenters. The second kappa shape index (κ2) is 12.8. The van der Waals surface area contributed by atoms with Crippen LogP contribution in [0.2, 0.25) is 0 Å². The number of hydrogen-bond donors (Lipinski definition) is 3. The van der Waals surface area contributed by atoms with E-state index in [0.29, 0.717) is 10.8 Å². The number of hydrogen-bond acceptors (Lipinski definition) is 7. The van der Waals surface area contributed by atoms with E-state index in [1.807, 2.05) is 24.3 Å². The largest absolute Gasteiger partial charge is 0.497 e. The average Bonchev–Trinajstić information content (AvgIpc) is 2.88. The third-order valence-electron chi connectivity index (χ3n) is 7.06. The van der Waals surface area contributed by atoms with E-state index in [4.69, 9.17) is 4.74 Å². The van der Waals surface area contributed by atoms with Crippen LogP contribution in [0, 0.1) is 23.5 Å². The van der Waals surface area contributed by atoms with Crippen molar-refractivity contribution in [2.45, 2.75) is 30.2 Å². The smallest absolute Gasteiger partial charge is 0.127 e. The second-order valence-electron chi connectivity index (χ2n) is 9.29. The van der Waals surface area contributed by atoms with E-state index in [9.17, 15) is 19.1 Å². The van der Waals surface area contributed by atoms with E-state index in [1.54, 1.807) is 13.3 Å². The molecule has 0 amide bonds. The zero-order chi connectivity index (χ0) is 25.5. The maximum atomic E-state index is 13.4. The van der Waals surface area contributed by atoms with Gasteiger partial charge in [-0.3, -0.25) is 4.98 Å². The molecule has 1 aliphatic rings. The number of nitrogens with one attached hydrogen (secondary N) is 1. The molecule has 0 saturated carbocycles. The van der Waals surface area contributed by atoms with Gasteiger partial charge in [-0.05, 0) is 79.6 Å². The molecule has 6 nitrogen and oxygen atoms in total. The molecular formula is C27H33F2N3O3S. The number of likely N-dealkylation sites (tertiary alicyclic amines) is 1. The molecule has 194 valence electrons. The van der Waals surface area contributed by atoms with E-state index in [-0.39, 0.29) is 18.6 Å². The standard InChI is InChI=1S/C27H33F2N3O3S/c1-35-22-3-5-26-25(15-22)24(6-8-30-26)27(31-34)4-2-18-7-9-32(16-19(18)17-33)10-11-36-23-13-20(28)12-21(29)14-23/h3,5-6,8,12-15,18-19,27,31,33-34H,2,4,7,9-11,16-17H2,1H3/t18-,19-,27-/m1/s1. The van der Waals surface area contributed by atoms with Gasteiger partial charge in [0, 0.05) is 48.0 Å². The van der Waals surface area contributed by atoms with Gasteiger partial charge in [-0.2, -0.15) is 5.48 Å². The van der Waals surface area contributed by atoms with Crippen molar-refractivity contribution in [2.75, 3.05) is 39.1 Å². The first-order valence-electron chi connectivity index (χ1n) is 12.2. The molecule has 0 spiro atoms. The minimum Gasteiger partial charge on any atom is -0.497 e. The van der Waals surface area contributed by atoms with E-state index in [2.05, 4.69) is 15.4 Å². The highest BCUT2D eigenvalue weighted by Crippen LogP contribution is 2.33. The van der Waals surface area contributed by atoms with Crippen molar-refractivity contribution >= 4 is 22.7 Å². The van der Waals surface area contributed by atoms with Crippen LogP contribution in [0.5, 0.6) is 5.75 Å². The Bertz CT molecular complexity index is 1130. The molecule has 3 atom stereocenters. The number of aliphatic hydroxyl groups is 1. The predicted octanol–water partition coefficient (Wildman–Crippen LogP) is 5.04. The summed E-state index contributed by atoms with van der Waals surface area (Å²) in [5.74, 6) is 0.822. The Morgan fingerprint density at radius 3 is 2.69 bits per heavy atom. The number of halogens is 2. The van der Waals surface area contributed by atoms with E-state index < -0.39 is 11.6 Å². The van der Waals surface area contributed by atoms with Crippen LogP contribution < -0.4 is 10.2 Å². The first kappa shape index (κ1) is 26.8. The van der Waals surface area contributed by atoms with E-state index in [0.717, 1.165) is 72.9 Å². The van der Waals surface area contributed by atoms with Gasteiger partial charge in [0.25, 0.3) is 0 Å². The normalized spacial score (nSPS) is 19.5. The monoisotopic (exact) mass is 517 g/mol. The van der Waals surface area contributed by atoms with Gasteiger partial charge in [-0.15, -0.1) is 11.8 Å². The first-order chi connectivity index (χ1) is 17.5. The highest BCUT2D eigenvalue weighted by atomic mass is 32.2. The summed E-state index contributed by atoms with van der Waals surface area (Å²) in [6.07, 6.45) is 4.28. The molecule has 9 heteroatoms. The number of piperidine rings is 1. The van der Waals surface area contributed by atoms with E-state index in [1.165, 1.54) is 23.9 Å². The quantitative estimate of drug-likeness (QED) is 0.243. The van der Waals surface area contributed by atoms with Crippen molar-refractivity contribution in [2.24, 2.45) is 11.8 Å². The minimum absolute atomic E-state index is 0.107. The molecule has 3 aromatic rings. The molecule has 1 saturated heterocycles.